The molecular weight excluding hydrogens is 283 g/mol. The fourth-order valence-electron chi connectivity index (χ4n) is 2.67. The van der Waals surface area contributed by atoms with Crippen molar-refractivity contribution in [2.24, 2.45) is 0 Å². The Labute approximate surface area is 121 Å². The van der Waals surface area contributed by atoms with Gasteiger partial charge < -0.3 is 10.0 Å². The molecule has 1 aliphatic heterocycles. The lowest BCUT2D eigenvalue weighted by atomic mass is 9.71. The van der Waals surface area contributed by atoms with Gasteiger partial charge in [-0.2, -0.15) is 5.26 Å². The minimum Gasteiger partial charge on any atom is -0.465 e. The molecule has 0 aliphatic carbocycles. The minimum absolute atomic E-state index is 0.0452. The van der Waals surface area contributed by atoms with Crippen LogP contribution in [0.15, 0.2) is 18.2 Å². The Morgan fingerprint density at radius 1 is 1.50 bits per heavy atom. The van der Waals surface area contributed by atoms with Gasteiger partial charge in [-0.3, -0.25) is 0 Å². The Hall–Kier alpha value is -1.80. The number of nitriles is 1. The summed E-state index contributed by atoms with van der Waals surface area (Å²) in [5.74, 6) is -0.512. The molecule has 0 bridgehead atoms. The maximum atomic E-state index is 13.6. The zero-order chi connectivity index (χ0) is 14.8. The van der Waals surface area contributed by atoms with Gasteiger partial charge in [-0.15, -0.1) is 0 Å². The number of hydrogen-bond acceptors (Lipinski definition) is 2. The van der Waals surface area contributed by atoms with Crippen molar-refractivity contribution in [2.75, 3.05) is 13.1 Å². The van der Waals surface area contributed by atoms with Crippen LogP contribution in [-0.2, 0) is 5.41 Å². The molecule has 4 nitrogen and oxygen atoms in total. The molecule has 106 valence electrons. The molecule has 1 fully saturated rings. The highest BCUT2D eigenvalue weighted by Crippen LogP contribution is 2.39. The Balaban J connectivity index is 2.29. The van der Waals surface area contributed by atoms with Gasteiger partial charge in [0.05, 0.1) is 11.1 Å². The summed E-state index contributed by atoms with van der Waals surface area (Å²) in [5, 5.41) is 18.1. The van der Waals surface area contributed by atoms with Gasteiger partial charge >= 0.3 is 6.09 Å². The van der Waals surface area contributed by atoms with E-state index in [9.17, 15) is 9.18 Å². The summed E-state index contributed by atoms with van der Waals surface area (Å²) in [5.41, 5.74) is 0.220. The van der Waals surface area contributed by atoms with E-state index in [0.29, 0.717) is 31.5 Å². The number of carboxylic acid groups (broad SMARTS) is 1. The van der Waals surface area contributed by atoms with Crippen LogP contribution in [-0.4, -0.2) is 29.2 Å². The van der Waals surface area contributed by atoms with Crippen LogP contribution in [0.2, 0.25) is 5.02 Å². The van der Waals surface area contributed by atoms with Crippen LogP contribution in [0.4, 0.5) is 9.18 Å². The number of rotatable bonds is 2. The van der Waals surface area contributed by atoms with Crippen molar-refractivity contribution in [1.29, 1.82) is 5.26 Å². The Morgan fingerprint density at radius 2 is 2.15 bits per heavy atom. The maximum absolute atomic E-state index is 13.6. The average molecular weight is 297 g/mol. The van der Waals surface area contributed by atoms with Crippen LogP contribution in [0, 0.1) is 17.1 Å². The topological polar surface area (TPSA) is 64.3 Å². The Morgan fingerprint density at radius 3 is 2.65 bits per heavy atom. The highest BCUT2D eigenvalue weighted by molar-refractivity contribution is 6.30. The fourth-order valence-corrected chi connectivity index (χ4v) is 2.79. The minimum atomic E-state index is -0.960. The van der Waals surface area contributed by atoms with Gasteiger partial charge in [0.1, 0.15) is 5.82 Å². The third-order valence-electron chi connectivity index (χ3n) is 3.94. The van der Waals surface area contributed by atoms with Crippen LogP contribution >= 0.6 is 11.6 Å². The van der Waals surface area contributed by atoms with E-state index >= 15 is 0 Å². The smallest absolute Gasteiger partial charge is 0.407 e. The monoisotopic (exact) mass is 296 g/mol. The molecule has 20 heavy (non-hydrogen) atoms. The number of piperidine rings is 1. The van der Waals surface area contributed by atoms with E-state index in [0.717, 1.165) is 0 Å². The predicted octanol–water partition coefficient (Wildman–Crippen LogP) is 3.40. The van der Waals surface area contributed by atoms with Gasteiger partial charge in [0.15, 0.2) is 0 Å². The van der Waals surface area contributed by atoms with Gasteiger partial charge in [-0.05, 0) is 30.5 Å². The van der Waals surface area contributed by atoms with Crippen molar-refractivity contribution in [3.05, 3.63) is 34.6 Å². The molecule has 0 saturated carbocycles. The van der Waals surface area contributed by atoms with E-state index in [-0.39, 0.29) is 11.4 Å². The predicted molar refractivity (Wildman–Crippen MR) is 72.1 cm³/mol. The van der Waals surface area contributed by atoms with E-state index in [1.165, 1.54) is 17.0 Å². The molecule has 1 aromatic carbocycles. The number of likely N-dealkylation sites (tertiary alicyclic amines) is 1. The van der Waals surface area contributed by atoms with Crippen molar-refractivity contribution >= 4 is 17.7 Å². The van der Waals surface area contributed by atoms with Crippen molar-refractivity contribution in [3.63, 3.8) is 0 Å². The summed E-state index contributed by atoms with van der Waals surface area (Å²) in [4.78, 5) is 12.3. The second kappa shape index (κ2) is 5.68. The van der Waals surface area contributed by atoms with Crippen molar-refractivity contribution in [3.8, 4) is 6.07 Å². The Kier molecular flexibility index (Phi) is 4.15. The molecule has 1 amide bonds. The summed E-state index contributed by atoms with van der Waals surface area (Å²) in [6.07, 6.45) is 0.293. The van der Waals surface area contributed by atoms with Gasteiger partial charge in [0.2, 0.25) is 0 Å². The van der Waals surface area contributed by atoms with Crippen LogP contribution in [0.1, 0.15) is 24.8 Å². The summed E-state index contributed by atoms with van der Waals surface area (Å²) in [7, 11) is 0. The summed E-state index contributed by atoms with van der Waals surface area (Å²) in [6.45, 7) is 0.697. The van der Waals surface area contributed by atoms with E-state index in [4.69, 9.17) is 22.0 Å². The SMILES string of the molecule is N#CCC1(c2ccc(Cl)c(F)c2)CCN(C(=O)O)CC1. The first-order valence-electron chi connectivity index (χ1n) is 6.29. The van der Waals surface area contributed by atoms with Crippen molar-refractivity contribution < 1.29 is 14.3 Å². The van der Waals surface area contributed by atoms with E-state index < -0.39 is 17.3 Å². The van der Waals surface area contributed by atoms with Crippen molar-refractivity contribution in [1.82, 2.24) is 4.90 Å². The summed E-state index contributed by atoms with van der Waals surface area (Å²) < 4.78 is 13.6. The van der Waals surface area contributed by atoms with Crippen LogP contribution in [0.25, 0.3) is 0 Å². The number of benzene rings is 1. The zero-order valence-corrected chi connectivity index (χ0v) is 11.5. The number of carbonyl (C=O) groups is 1. The quantitative estimate of drug-likeness (QED) is 0.909. The molecule has 0 spiro atoms. The first kappa shape index (κ1) is 14.6. The highest BCUT2D eigenvalue weighted by Gasteiger charge is 2.37. The molecule has 2 rings (SSSR count). The normalized spacial score (nSPS) is 17.6. The third-order valence-corrected chi connectivity index (χ3v) is 4.25. The second-order valence-corrected chi connectivity index (χ2v) is 5.42. The van der Waals surface area contributed by atoms with Gasteiger partial charge in [0.25, 0.3) is 0 Å². The van der Waals surface area contributed by atoms with Crippen LogP contribution in [0.3, 0.4) is 0 Å². The molecule has 1 N–H and O–H groups in total. The summed E-state index contributed by atoms with van der Waals surface area (Å²) >= 11 is 5.68. The van der Waals surface area contributed by atoms with E-state index in [1.54, 1.807) is 6.07 Å². The number of halogens is 2. The third kappa shape index (κ3) is 2.70. The Bertz CT molecular complexity index is 563. The lowest BCUT2D eigenvalue weighted by Gasteiger charge is -2.40. The average Bonchev–Trinajstić information content (AvgIpc) is 2.42. The van der Waals surface area contributed by atoms with E-state index in [1.807, 2.05) is 0 Å². The molecule has 1 aromatic rings. The first-order chi connectivity index (χ1) is 9.48. The van der Waals surface area contributed by atoms with Crippen LogP contribution in [0.5, 0.6) is 0 Å². The van der Waals surface area contributed by atoms with Gasteiger partial charge in [0, 0.05) is 24.9 Å². The summed E-state index contributed by atoms with van der Waals surface area (Å²) in [6, 6.07) is 6.69. The number of amides is 1. The first-order valence-corrected chi connectivity index (χ1v) is 6.67. The molecule has 0 radical (unpaired) electrons. The molecule has 1 saturated heterocycles. The molecule has 0 aromatic heterocycles. The molecule has 0 unspecified atom stereocenters. The van der Waals surface area contributed by atoms with Gasteiger partial charge in [-0.1, -0.05) is 17.7 Å². The molecule has 1 aliphatic rings. The maximum Gasteiger partial charge on any atom is 0.407 e. The zero-order valence-electron chi connectivity index (χ0n) is 10.8. The highest BCUT2D eigenvalue weighted by atomic mass is 35.5. The molecule has 6 heteroatoms. The van der Waals surface area contributed by atoms with E-state index in [2.05, 4.69) is 6.07 Å². The lowest BCUT2D eigenvalue weighted by Crippen LogP contribution is -2.44. The standard InChI is InChI=1S/C14H14ClFN2O2/c15-11-2-1-10(9-12(11)16)14(3-6-17)4-7-18(8-5-14)13(19)20/h1-2,9H,3-5,7-8H2,(H,19,20). The number of nitrogens with zero attached hydrogens (tertiary/aromatic N) is 2. The largest absolute Gasteiger partial charge is 0.465 e. The lowest BCUT2D eigenvalue weighted by molar-refractivity contribution is 0.116. The molecule has 0 atom stereocenters. The van der Waals surface area contributed by atoms with Crippen LogP contribution < -0.4 is 0 Å². The second-order valence-electron chi connectivity index (χ2n) is 5.01. The molecular formula is C14H14ClFN2O2. The van der Waals surface area contributed by atoms with Gasteiger partial charge in [-0.25, -0.2) is 9.18 Å². The molecule has 1 heterocycles. The fraction of sp³-hybridized carbons (Fsp3) is 0.429. The van der Waals surface area contributed by atoms with Crippen molar-refractivity contribution in [2.45, 2.75) is 24.7 Å². The number of hydrogen-bond donors (Lipinski definition) is 1.